The monoisotopic (exact) mass is 467 g/mol. The molecule has 33 heavy (non-hydrogen) atoms. The van der Waals surface area contributed by atoms with Crippen LogP contribution in [0.2, 0.25) is 0 Å². The van der Waals surface area contributed by atoms with Crippen molar-refractivity contribution >= 4 is 34.0 Å². The summed E-state index contributed by atoms with van der Waals surface area (Å²) in [5.74, 6) is 1.10. The molecule has 1 saturated heterocycles. The molecule has 8 nitrogen and oxygen atoms in total. The fourth-order valence-corrected chi connectivity index (χ4v) is 4.52. The molecule has 172 valence electrons. The van der Waals surface area contributed by atoms with E-state index in [1.165, 1.54) is 11.3 Å². The van der Waals surface area contributed by atoms with E-state index in [4.69, 9.17) is 14.2 Å². The van der Waals surface area contributed by atoms with Crippen molar-refractivity contribution in [3.63, 3.8) is 0 Å². The number of rotatable bonds is 7. The lowest BCUT2D eigenvalue weighted by molar-refractivity contribution is -0.122. The van der Waals surface area contributed by atoms with Crippen LogP contribution in [0.25, 0.3) is 11.3 Å². The Kier molecular flexibility index (Phi) is 6.50. The molecule has 2 aromatic carbocycles. The molecule has 0 saturated carbocycles. The molecule has 1 aromatic heterocycles. The summed E-state index contributed by atoms with van der Waals surface area (Å²) in [5.41, 5.74) is 3.12. The summed E-state index contributed by atoms with van der Waals surface area (Å²) in [7, 11) is 4.75. The van der Waals surface area contributed by atoms with Crippen LogP contribution in [0, 0.1) is 12.8 Å². The van der Waals surface area contributed by atoms with Gasteiger partial charge in [0, 0.05) is 23.9 Å². The molecule has 4 rings (SSSR count). The van der Waals surface area contributed by atoms with Crippen molar-refractivity contribution in [2.24, 2.45) is 5.92 Å². The molecular formula is C24H25N3O5S. The third kappa shape index (κ3) is 4.63. The minimum absolute atomic E-state index is 0.111. The maximum absolute atomic E-state index is 12.9. The SMILES string of the molecule is COc1ccc(OC)c(-c2csc(NC(=O)[C@@H]3CC(=O)N(c4cc(C)ccc4OC)C3)n2)c1. The molecule has 0 bridgehead atoms. The van der Waals surface area contributed by atoms with Gasteiger partial charge in [0.05, 0.1) is 38.6 Å². The third-order valence-corrected chi connectivity index (χ3v) is 6.30. The number of benzene rings is 2. The number of aromatic nitrogens is 1. The van der Waals surface area contributed by atoms with Gasteiger partial charge in [-0.2, -0.15) is 0 Å². The summed E-state index contributed by atoms with van der Waals surface area (Å²) in [6.07, 6.45) is 0.130. The highest BCUT2D eigenvalue weighted by molar-refractivity contribution is 7.14. The molecular weight excluding hydrogens is 442 g/mol. The van der Waals surface area contributed by atoms with Crippen LogP contribution in [-0.4, -0.2) is 44.7 Å². The maximum atomic E-state index is 12.9. The average molecular weight is 468 g/mol. The van der Waals surface area contributed by atoms with Gasteiger partial charge < -0.3 is 24.4 Å². The topological polar surface area (TPSA) is 90.0 Å². The minimum atomic E-state index is -0.485. The molecule has 1 fully saturated rings. The summed E-state index contributed by atoms with van der Waals surface area (Å²) in [4.78, 5) is 31.8. The number of hydrogen-bond donors (Lipinski definition) is 1. The van der Waals surface area contributed by atoms with Crippen molar-refractivity contribution in [3.05, 3.63) is 47.3 Å². The minimum Gasteiger partial charge on any atom is -0.497 e. The number of thiazole rings is 1. The molecule has 0 unspecified atom stereocenters. The van der Waals surface area contributed by atoms with Gasteiger partial charge in [-0.15, -0.1) is 11.3 Å². The van der Waals surface area contributed by atoms with Gasteiger partial charge in [0.25, 0.3) is 0 Å². The first-order chi connectivity index (χ1) is 15.9. The first-order valence-corrected chi connectivity index (χ1v) is 11.2. The highest BCUT2D eigenvalue weighted by atomic mass is 32.1. The normalized spacial score (nSPS) is 15.5. The molecule has 1 N–H and O–H groups in total. The van der Waals surface area contributed by atoms with Gasteiger partial charge in [0.1, 0.15) is 17.2 Å². The van der Waals surface area contributed by atoms with Gasteiger partial charge in [-0.1, -0.05) is 6.07 Å². The number of nitrogens with one attached hydrogen (secondary N) is 1. The number of nitrogens with zero attached hydrogens (tertiary/aromatic N) is 2. The number of ether oxygens (including phenoxy) is 3. The smallest absolute Gasteiger partial charge is 0.231 e. The Morgan fingerprint density at radius 1 is 1.09 bits per heavy atom. The molecule has 0 radical (unpaired) electrons. The van der Waals surface area contributed by atoms with E-state index in [0.717, 1.165) is 11.1 Å². The highest BCUT2D eigenvalue weighted by Crippen LogP contribution is 2.36. The number of methoxy groups -OCH3 is 3. The van der Waals surface area contributed by atoms with Crippen molar-refractivity contribution in [2.45, 2.75) is 13.3 Å². The zero-order valence-electron chi connectivity index (χ0n) is 18.9. The summed E-state index contributed by atoms with van der Waals surface area (Å²) < 4.78 is 16.1. The largest absolute Gasteiger partial charge is 0.497 e. The van der Waals surface area contributed by atoms with Crippen LogP contribution in [0.1, 0.15) is 12.0 Å². The Labute approximate surface area is 196 Å². The number of carbonyl (C=O) groups is 2. The predicted molar refractivity (Wildman–Crippen MR) is 127 cm³/mol. The maximum Gasteiger partial charge on any atom is 0.231 e. The lowest BCUT2D eigenvalue weighted by Gasteiger charge is -2.20. The third-order valence-electron chi connectivity index (χ3n) is 5.54. The van der Waals surface area contributed by atoms with Crippen LogP contribution in [0.15, 0.2) is 41.8 Å². The Morgan fingerprint density at radius 2 is 1.85 bits per heavy atom. The summed E-state index contributed by atoms with van der Waals surface area (Å²) >= 11 is 1.31. The zero-order valence-corrected chi connectivity index (χ0v) is 19.7. The second-order valence-corrected chi connectivity index (χ2v) is 8.53. The van der Waals surface area contributed by atoms with Gasteiger partial charge in [-0.25, -0.2) is 4.98 Å². The predicted octanol–water partition coefficient (Wildman–Crippen LogP) is 4.14. The second kappa shape index (κ2) is 9.50. The first-order valence-electron chi connectivity index (χ1n) is 10.4. The van der Waals surface area contributed by atoms with E-state index in [1.807, 2.05) is 48.7 Å². The van der Waals surface area contributed by atoms with Crippen molar-refractivity contribution in [2.75, 3.05) is 38.1 Å². The average Bonchev–Trinajstić information content (AvgIpc) is 3.45. The van der Waals surface area contributed by atoms with Gasteiger partial charge >= 0.3 is 0 Å². The van der Waals surface area contributed by atoms with Gasteiger partial charge in [0.15, 0.2) is 5.13 Å². The molecule has 1 aliphatic rings. The van der Waals surface area contributed by atoms with E-state index in [0.29, 0.717) is 33.8 Å². The first kappa shape index (κ1) is 22.6. The van der Waals surface area contributed by atoms with Gasteiger partial charge in [0.2, 0.25) is 11.8 Å². The van der Waals surface area contributed by atoms with Crippen molar-refractivity contribution in [3.8, 4) is 28.5 Å². The van der Waals surface area contributed by atoms with E-state index in [9.17, 15) is 9.59 Å². The van der Waals surface area contributed by atoms with E-state index in [2.05, 4.69) is 10.3 Å². The number of carbonyl (C=O) groups excluding carboxylic acids is 2. The summed E-state index contributed by atoms with van der Waals surface area (Å²) in [6.45, 7) is 2.23. The van der Waals surface area contributed by atoms with Crippen molar-refractivity contribution in [1.29, 1.82) is 0 Å². The number of hydrogen-bond acceptors (Lipinski definition) is 7. The molecule has 1 aliphatic heterocycles. The van der Waals surface area contributed by atoms with Gasteiger partial charge in [-0.05, 0) is 42.8 Å². The van der Waals surface area contributed by atoms with Crippen LogP contribution in [-0.2, 0) is 9.59 Å². The van der Waals surface area contributed by atoms with Crippen molar-refractivity contribution in [1.82, 2.24) is 4.98 Å². The van der Waals surface area contributed by atoms with E-state index in [1.54, 1.807) is 26.2 Å². The Hall–Kier alpha value is -3.59. The molecule has 1 atom stereocenters. The lowest BCUT2D eigenvalue weighted by atomic mass is 10.1. The van der Waals surface area contributed by atoms with E-state index in [-0.39, 0.29) is 24.8 Å². The van der Waals surface area contributed by atoms with Crippen LogP contribution in [0.5, 0.6) is 17.2 Å². The second-order valence-electron chi connectivity index (χ2n) is 7.67. The van der Waals surface area contributed by atoms with Crippen LogP contribution >= 0.6 is 11.3 Å². The molecule has 0 spiro atoms. The quantitative estimate of drug-likeness (QED) is 0.562. The Balaban J connectivity index is 1.49. The standard InChI is InChI=1S/C24H25N3O5S/c1-14-5-7-21(32-4)19(9-14)27-12-15(10-22(27)28)23(29)26-24-25-18(13-33-24)17-11-16(30-2)6-8-20(17)31-3/h5-9,11,13,15H,10,12H2,1-4H3,(H,25,26,29)/t15-/m1/s1. The molecule has 9 heteroatoms. The summed E-state index contributed by atoms with van der Waals surface area (Å²) in [6, 6.07) is 11.1. The Bertz CT molecular complexity index is 1190. The fourth-order valence-electron chi connectivity index (χ4n) is 3.80. The molecule has 2 heterocycles. The number of aryl methyl sites for hydroxylation is 1. The lowest BCUT2D eigenvalue weighted by Crippen LogP contribution is -2.28. The number of amides is 2. The van der Waals surface area contributed by atoms with Crippen molar-refractivity contribution < 1.29 is 23.8 Å². The van der Waals surface area contributed by atoms with Crippen LogP contribution in [0.4, 0.5) is 10.8 Å². The van der Waals surface area contributed by atoms with Crippen LogP contribution in [0.3, 0.4) is 0 Å². The van der Waals surface area contributed by atoms with E-state index >= 15 is 0 Å². The summed E-state index contributed by atoms with van der Waals surface area (Å²) in [5, 5.41) is 5.16. The Morgan fingerprint density at radius 3 is 2.58 bits per heavy atom. The number of anilines is 2. The zero-order chi connectivity index (χ0) is 23.5. The van der Waals surface area contributed by atoms with Gasteiger partial charge in [-0.3, -0.25) is 9.59 Å². The molecule has 2 amide bonds. The van der Waals surface area contributed by atoms with E-state index < -0.39 is 5.92 Å². The molecule has 0 aliphatic carbocycles. The fraction of sp³-hybridized carbons (Fsp3) is 0.292. The molecule has 3 aromatic rings. The van der Waals surface area contributed by atoms with Crippen LogP contribution < -0.4 is 24.4 Å². The highest BCUT2D eigenvalue weighted by Gasteiger charge is 2.36.